The molecule has 0 radical (unpaired) electrons. The standard InChI is InChI=1S/C22H24FN3O3/c1-24-19(27)15-29-21(20(24)16-7-9-17(23)10-8-16)22(28)26-13-11-25(12-14-26)18-5-3-2-4-6-18/h2-10,20-21H,11-15H2,1H3/t20-,21-/m1/s1. The lowest BCUT2D eigenvalue weighted by Crippen LogP contribution is -2.57. The molecule has 0 aromatic heterocycles. The molecule has 0 aliphatic carbocycles. The molecule has 2 aliphatic heterocycles. The monoisotopic (exact) mass is 397 g/mol. The van der Waals surface area contributed by atoms with E-state index in [9.17, 15) is 14.0 Å². The van der Waals surface area contributed by atoms with Crippen LogP contribution in [0.5, 0.6) is 0 Å². The molecule has 29 heavy (non-hydrogen) atoms. The van der Waals surface area contributed by atoms with E-state index >= 15 is 0 Å². The Bertz CT molecular complexity index is 867. The van der Waals surface area contributed by atoms with Crippen LogP contribution < -0.4 is 4.90 Å². The quantitative estimate of drug-likeness (QED) is 0.796. The molecule has 2 aliphatic rings. The summed E-state index contributed by atoms with van der Waals surface area (Å²) in [6.45, 7) is 2.51. The lowest BCUT2D eigenvalue weighted by Gasteiger charge is -2.42. The summed E-state index contributed by atoms with van der Waals surface area (Å²) >= 11 is 0. The van der Waals surface area contributed by atoms with Gasteiger partial charge in [-0.15, -0.1) is 0 Å². The van der Waals surface area contributed by atoms with Crippen LogP contribution in [0.15, 0.2) is 54.6 Å². The number of carbonyl (C=O) groups is 2. The Labute approximate surface area is 169 Å². The molecule has 7 heteroatoms. The van der Waals surface area contributed by atoms with Crippen molar-refractivity contribution in [2.45, 2.75) is 12.1 Å². The molecule has 0 N–H and O–H groups in total. The molecule has 2 saturated heterocycles. The van der Waals surface area contributed by atoms with Crippen LogP contribution in [0, 0.1) is 5.82 Å². The van der Waals surface area contributed by atoms with E-state index in [2.05, 4.69) is 17.0 Å². The van der Waals surface area contributed by atoms with Crippen molar-refractivity contribution >= 4 is 17.5 Å². The van der Waals surface area contributed by atoms with Gasteiger partial charge in [0.15, 0.2) is 6.10 Å². The smallest absolute Gasteiger partial charge is 0.254 e. The third kappa shape index (κ3) is 3.96. The number of benzene rings is 2. The van der Waals surface area contributed by atoms with Crippen molar-refractivity contribution < 1.29 is 18.7 Å². The van der Waals surface area contributed by atoms with Gasteiger partial charge in [0.25, 0.3) is 5.91 Å². The highest BCUT2D eigenvalue weighted by molar-refractivity contribution is 5.86. The Morgan fingerprint density at radius 3 is 2.31 bits per heavy atom. The molecule has 2 heterocycles. The zero-order valence-electron chi connectivity index (χ0n) is 16.3. The minimum Gasteiger partial charge on any atom is -0.368 e. The lowest BCUT2D eigenvalue weighted by atomic mass is 9.97. The fourth-order valence-electron chi connectivity index (χ4n) is 3.98. The van der Waals surface area contributed by atoms with Crippen LogP contribution in [0.3, 0.4) is 0 Å². The van der Waals surface area contributed by atoms with Gasteiger partial charge in [-0.05, 0) is 29.8 Å². The third-order valence-electron chi connectivity index (χ3n) is 5.65. The van der Waals surface area contributed by atoms with E-state index < -0.39 is 12.1 Å². The van der Waals surface area contributed by atoms with Crippen molar-refractivity contribution in [2.75, 3.05) is 44.7 Å². The molecule has 0 unspecified atom stereocenters. The molecule has 2 fully saturated rings. The summed E-state index contributed by atoms with van der Waals surface area (Å²) in [5.41, 5.74) is 1.83. The fraction of sp³-hybridized carbons (Fsp3) is 0.364. The van der Waals surface area contributed by atoms with Crippen LogP contribution in [-0.2, 0) is 14.3 Å². The maximum absolute atomic E-state index is 13.4. The molecule has 0 spiro atoms. The number of carbonyl (C=O) groups excluding carboxylic acids is 2. The molecule has 2 aromatic carbocycles. The average Bonchev–Trinajstić information content (AvgIpc) is 2.76. The minimum atomic E-state index is -0.800. The van der Waals surface area contributed by atoms with E-state index in [4.69, 9.17) is 4.74 Å². The highest BCUT2D eigenvalue weighted by Crippen LogP contribution is 2.31. The summed E-state index contributed by atoms with van der Waals surface area (Å²) in [6.07, 6.45) is -0.800. The van der Waals surface area contributed by atoms with Crippen LogP contribution in [0.25, 0.3) is 0 Å². The van der Waals surface area contributed by atoms with Crippen molar-refractivity contribution in [2.24, 2.45) is 0 Å². The van der Waals surface area contributed by atoms with Crippen LogP contribution >= 0.6 is 0 Å². The Hall–Kier alpha value is -2.93. The summed E-state index contributed by atoms with van der Waals surface area (Å²) in [5, 5.41) is 0. The van der Waals surface area contributed by atoms with E-state index in [0.717, 1.165) is 18.8 Å². The number of hydrogen-bond acceptors (Lipinski definition) is 4. The first kappa shape index (κ1) is 19.4. The second kappa shape index (κ2) is 8.21. The van der Waals surface area contributed by atoms with Gasteiger partial charge in [0.1, 0.15) is 12.4 Å². The van der Waals surface area contributed by atoms with Crippen LogP contribution in [0.1, 0.15) is 11.6 Å². The van der Waals surface area contributed by atoms with Crippen molar-refractivity contribution in [3.63, 3.8) is 0 Å². The Balaban J connectivity index is 1.49. The number of ether oxygens (including phenoxy) is 1. The second-order valence-electron chi connectivity index (χ2n) is 7.38. The van der Waals surface area contributed by atoms with E-state index in [1.165, 1.54) is 17.0 Å². The van der Waals surface area contributed by atoms with Gasteiger partial charge in [0.05, 0.1) is 6.04 Å². The molecule has 2 amide bonds. The molecule has 0 saturated carbocycles. The van der Waals surface area contributed by atoms with Crippen molar-refractivity contribution in [1.82, 2.24) is 9.80 Å². The van der Waals surface area contributed by atoms with Gasteiger partial charge in [-0.3, -0.25) is 9.59 Å². The van der Waals surface area contributed by atoms with E-state index in [1.807, 2.05) is 18.2 Å². The first-order valence-electron chi connectivity index (χ1n) is 9.76. The predicted octanol–water partition coefficient (Wildman–Crippen LogP) is 2.07. The van der Waals surface area contributed by atoms with Gasteiger partial charge < -0.3 is 19.4 Å². The van der Waals surface area contributed by atoms with E-state index in [0.29, 0.717) is 18.7 Å². The summed E-state index contributed by atoms with van der Waals surface area (Å²) < 4.78 is 19.1. The highest BCUT2D eigenvalue weighted by atomic mass is 19.1. The number of halogens is 1. The van der Waals surface area contributed by atoms with Gasteiger partial charge in [0, 0.05) is 38.9 Å². The normalized spacial score (nSPS) is 22.7. The number of hydrogen-bond donors (Lipinski definition) is 0. The molecule has 2 aromatic rings. The first-order chi connectivity index (χ1) is 14.0. The Morgan fingerprint density at radius 1 is 1.00 bits per heavy atom. The number of nitrogens with zero attached hydrogens (tertiary/aromatic N) is 3. The maximum Gasteiger partial charge on any atom is 0.254 e. The molecule has 152 valence electrons. The van der Waals surface area contributed by atoms with Gasteiger partial charge in [-0.25, -0.2) is 4.39 Å². The van der Waals surface area contributed by atoms with Crippen molar-refractivity contribution in [3.8, 4) is 0 Å². The number of likely N-dealkylation sites (N-methyl/N-ethyl adjacent to an activating group) is 1. The highest BCUT2D eigenvalue weighted by Gasteiger charge is 2.42. The van der Waals surface area contributed by atoms with Crippen molar-refractivity contribution in [3.05, 3.63) is 66.0 Å². The average molecular weight is 397 g/mol. The summed E-state index contributed by atoms with van der Waals surface area (Å²) in [5.74, 6) is -0.692. The molecule has 0 bridgehead atoms. The maximum atomic E-state index is 13.4. The molecule has 2 atom stereocenters. The minimum absolute atomic E-state index is 0.130. The number of anilines is 1. The van der Waals surface area contributed by atoms with Gasteiger partial charge in [-0.1, -0.05) is 30.3 Å². The summed E-state index contributed by atoms with van der Waals surface area (Å²) in [7, 11) is 1.66. The number of piperazine rings is 1. The number of para-hydroxylation sites is 1. The third-order valence-corrected chi connectivity index (χ3v) is 5.65. The topological polar surface area (TPSA) is 53.1 Å². The Kier molecular flexibility index (Phi) is 5.49. The number of rotatable bonds is 3. The van der Waals surface area contributed by atoms with Crippen LogP contribution in [0.4, 0.5) is 10.1 Å². The summed E-state index contributed by atoms with van der Waals surface area (Å²) in [6, 6.07) is 15.4. The SMILES string of the molecule is CN1C(=O)CO[C@@H](C(=O)N2CCN(c3ccccc3)CC2)[C@H]1c1ccc(F)cc1. The van der Waals surface area contributed by atoms with Gasteiger partial charge in [0.2, 0.25) is 5.91 Å². The van der Waals surface area contributed by atoms with Crippen LogP contribution in [-0.4, -0.2) is 67.6 Å². The molecule has 6 nitrogen and oxygen atoms in total. The second-order valence-corrected chi connectivity index (χ2v) is 7.38. The molecular weight excluding hydrogens is 373 g/mol. The zero-order chi connectivity index (χ0) is 20.4. The van der Waals surface area contributed by atoms with Gasteiger partial charge >= 0.3 is 0 Å². The largest absolute Gasteiger partial charge is 0.368 e. The molecule has 4 rings (SSSR count). The fourth-order valence-corrected chi connectivity index (χ4v) is 3.98. The van der Waals surface area contributed by atoms with E-state index in [1.54, 1.807) is 24.1 Å². The predicted molar refractivity (Wildman–Crippen MR) is 107 cm³/mol. The Morgan fingerprint density at radius 2 is 1.66 bits per heavy atom. The lowest BCUT2D eigenvalue weighted by molar-refractivity contribution is -0.167. The van der Waals surface area contributed by atoms with Crippen molar-refractivity contribution in [1.29, 1.82) is 0 Å². The molecular formula is C22H24FN3O3. The van der Waals surface area contributed by atoms with Gasteiger partial charge in [-0.2, -0.15) is 0 Å². The summed E-state index contributed by atoms with van der Waals surface area (Å²) in [4.78, 5) is 31.0. The zero-order valence-corrected chi connectivity index (χ0v) is 16.3. The number of morpholine rings is 1. The number of amides is 2. The van der Waals surface area contributed by atoms with E-state index in [-0.39, 0.29) is 24.2 Å². The van der Waals surface area contributed by atoms with Crippen LogP contribution in [0.2, 0.25) is 0 Å². The first-order valence-corrected chi connectivity index (χ1v) is 9.76.